The number of rotatable bonds is 8. The van der Waals surface area contributed by atoms with Crippen LogP contribution in [0.5, 0.6) is 5.75 Å². The van der Waals surface area contributed by atoms with Gasteiger partial charge in [0.2, 0.25) is 0 Å². The highest BCUT2D eigenvalue weighted by molar-refractivity contribution is 6.46. The number of hydrogen-bond acceptors (Lipinski definition) is 9. The Morgan fingerprint density at radius 2 is 2.14 bits per heavy atom. The predicted octanol–water partition coefficient (Wildman–Crippen LogP) is 4.49. The third-order valence-electron chi connectivity index (χ3n) is 5.83. The molecule has 186 valence electrons. The number of hydrogen-bond donors (Lipinski definition) is 4. The highest BCUT2D eigenvalue weighted by Gasteiger charge is 2.41. The number of fused-ring (bicyclic) bond motifs is 1. The maximum Gasteiger partial charge on any atom is 0.290 e. The number of benzene rings is 1. The number of para-hydroxylation sites is 2. The van der Waals surface area contributed by atoms with Crippen molar-refractivity contribution in [1.29, 1.82) is 10.9 Å². The van der Waals surface area contributed by atoms with Crippen molar-refractivity contribution in [1.82, 2.24) is 9.99 Å². The average Bonchev–Trinajstić information content (AvgIpc) is 3.24. The lowest BCUT2D eigenvalue weighted by atomic mass is 9.89. The molecular formula is C25H28N8O3. The smallest absolute Gasteiger partial charge is 0.290 e. The van der Waals surface area contributed by atoms with Crippen LogP contribution in [0.3, 0.4) is 0 Å². The van der Waals surface area contributed by atoms with Crippen LogP contribution in [0.1, 0.15) is 26.0 Å². The molecule has 2 aromatic rings. The lowest BCUT2D eigenvalue weighted by Gasteiger charge is -2.23. The molecule has 0 saturated carbocycles. The number of carbonyl (C=O) groups excluding carboxylic acids is 1. The van der Waals surface area contributed by atoms with E-state index in [2.05, 4.69) is 26.0 Å². The zero-order chi connectivity index (χ0) is 25.7. The van der Waals surface area contributed by atoms with Crippen molar-refractivity contribution in [2.75, 3.05) is 17.7 Å². The van der Waals surface area contributed by atoms with E-state index in [1.165, 1.54) is 7.05 Å². The van der Waals surface area contributed by atoms with Crippen LogP contribution in [0.4, 0.5) is 11.5 Å². The first-order valence-electron chi connectivity index (χ1n) is 11.4. The Kier molecular flexibility index (Phi) is 7.09. The molecule has 2 heterocycles. The van der Waals surface area contributed by atoms with E-state index in [-0.39, 0.29) is 18.4 Å². The number of ether oxygens (including phenoxy) is 1. The van der Waals surface area contributed by atoms with E-state index in [9.17, 15) is 4.79 Å². The van der Waals surface area contributed by atoms with Crippen LogP contribution in [-0.4, -0.2) is 40.2 Å². The highest BCUT2D eigenvalue weighted by Crippen LogP contribution is 2.36. The number of aromatic nitrogens is 1. The quantitative estimate of drug-likeness (QED) is 0.186. The first-order valence-corrected chi connectivity index (χ1v) is 11.4. The highest BCUT2D eigenvalue weighted by atomic mass is 16.6. The number of pyridine rings is 1. The van der Waals surface area contributed by atoms with Gasteiger partial charge in [-0.15, -0.1) is 0 Å². The second-order valence-electron chi connectivity index (χ2n) is 8.60. The minimum Gasteiger partial charge on any atom is -0.457 e. The summed E-state index contributed by atoms with van der Waals surface area (Å²) in [6, 6.07) is 12.5. The van der Waals surface area contributed by atoms with Crippen molar-refractivity contribution in [2.24, 2.45) is 16.3 Å². The van der Waals surface area contributed by atoms with Crippen LogP contribution in [0.2, 0.25) is 0 Å². The zero-order valence-corrected chi connectivity index (χ0v) is 20.3. The molecule has 0 bridgehead atoms. The fraction of sp³-hybridized carbons (Fsp3) is 0.280. The summed E-state index contributed by atoms with van der Waals surface area (Å²) in [6.45, 7) is 3.69. The first-order chi connectivity index (χ1) is 17.3. The van der Waals surface area contributed by atoms with Gasteiger partial charge in [0.25, 0.3) is 11.6 Å². The van der Waals surface area contributed by atoms with Gasteiger partial charge >= 0.3 is 0 Å². The molecule has 1 amide bonds. The van der Waals surface area contributed by atoms with Gasteiger partial charge in [-0.05, 0) is 42.2 Å². The SMILES string of the molecule is CC1CC=CC=C1/C(=N/OCc1cccc(NC(=O)C2(C)Nc3ccccc3O2)n1)C(=N)N(C)N=N. The molecule has 2 aliphatic rings. The molecule has 0 fully saturated rings. The van der Waals surface area contributed by atoms with E-state index >= 15 is 0 Å². The molecule has 2 unspecified atom stereocenters. The summed E-state index contributed by atoms with van der Waals surface area (Å²) in [5.74, 6) is 0.623. The third kappa shape index (κ3) is 5.24. The number of amides is 1. The van der Waals surface area contributed by atoms with Gasteiger partial charge in [-0.1, -0.05) is 53.7 Å². The van der Waals surface area contributed by atoms with Crippen LogP contribution < -0.4 is 15.4 Å². The van der Waals surface area contributed by atoms with Crippen molar-refractivity contribution < 1.29 is 14.4 Å². The van der Waals surface area contributed by atoms with Gasteiger partial charge in [0.15, 0.2) is 12.4 Å². The van der Waals surface area contributed by atoms with Crippen LogP contribution >= 0.6 is 0 Å². The lowest BCUT2D eigenvalue weighted by molar-refractivity contribution is -0.127. The largest absolute Gasteiger partial charge is 0.457 e. The summed E-state index contributed by atoms with van der Waals surface area (Å²) in [6.07, 6.45) is 6.65. The molecule has 0 spiro atoms. The summed E-state index contributed by atoms with van der Waals surface area (Å²) in [5, 5.41) is 22.8. The Hall–Kier alpha value is -4.54. The number of anilines is 2. The fourth-order valence-corrected chi connectivity index (χ4v) is 3.79. The fourth-order valence-electron chi connectivity index (χ4n) is 3.79. The standard InChI is InChI=1S/C25H28N8O3/c1-16-9-4-5-11-18(16)22(23(26)33(3)32-27)31-35-15-17-10-8-14-21(28-17)29-24(34)25(2)30-19-12-6-7-13-20(19)36-25/h4-8,10-14,16,26-27,30H,9,15H2,1-3H3,(H,28,29,34)/b26-23?,31-22-,32-27?. The number of carbonyl (C=O) groups is 1. The molecule has 36 heavy (non-hydrogen) atoms. The Labute approximate surface area is 208 Å². The molecule has 11 nitrogen and oxygen atoms in total. The Balaban J connectivity index is 1.44. The van der Waals surface area contributed by atoms with Gasteiger partial charge in [-0.2, -0.15) is 5.53 Å². The van der Waals surface area contributed by atoms with Crippen molar-refractivity contribution in [3.8, 4) is 5.75 Å². The molecule has 11 heteroatoms. The van der Waals surface area contributed by atoms with Crippen molar-refractivity contribution in [3.05, 3.63) is 72.0 Å². The maximum atomic E-state index is 12.9. The number of allylic oxidation sites excluding steroid dienone is 3. The molecule has 1 aliphatic carbocycles. The summed E-state index contributed by atoms with van der Waals surface area (Å²) >= 11 is 0. The monoisotopic (exact) mass is 488 g/mol. The van der Waals surface area contributed by atoms with Crippen molar-refractivity contribution >= 4 is 29.0 Å². The van der Waals surface area contributed by atoms with Crippen LogP contribution in [0.15, 0.2) is 76.6 Å². The molecule has 4 rings (SSSR count). The van der Waals surface area contributed by atoms with Crippen LogP contribution in [0, 0.1) is 16.9 Å². The minimum absolute atomic E-state index is 0.0111. The summed E-state index contributed by atoms with van der Waals surface area (Å²) in [4.78, 5) is 22.9. The third-order valence-corrected chi connectivity index (χ3v) is 5.83. The minimum atomic E-state index is -1.27. The summed E-state index contributed by atoms with van der Waals surface area (Å²) < 4.78 is 5.82. The summed E-state index contributed by atoms with van der Waals surface area (Å²) in [7, 11) is 1.50. The van der Waals surface area contributed by atoms with Crippen LogP contribution in [-0.2, 0) is 16.2 Å². The van der Waals surface area contributed by atoms with Gasteiger partial charge in [0.1, 0.15) is 17.3 Å². The van der Waals surface area contributed by atoms with Crippen LogP contribution in [0.25, 0.3) is 0 Å². The molecule has 0 saturated heterocycles. The summed E-state index contributed by atoms with van der Waals surface area (Å²) in [5.41, 5.74) is 8.34. The molecule has 1 aliphatic heterocycles. The zero-order valence-electron chi connectivity index (χ0n) is 20.3. The lowest BCUT2D eigenvalue weighted by Crippen LogP contribution is -2.48. The second kappa shape index (κ2) is 10.4. The van der Waals surface area contributed by atoms with Crippen molar-refractivity contribution in [2.45, 2.75) is 32.6 Å². The van der Waals surface area contributed by atoms with E-state index in [4.69, 9.17) is 20.5 Å². The van der Waals surface area contributed by atoms with E-state index in [1.54, 1.807) is 31.2 Å². The second-order valence-corrected chi connectivity index (χ2v) is 8.60. The number of nitrogens with one attached hydrogen (secondary N) is 4. The number of amidine groups is 1. The molecule has 1 aromatic carbocycles. The van der Waals surface area contributed by atoms with E-state index in [0.717, 1.165) is 22.7 Å². The first kappa shape index (κ1) is 24.6. The average molecular weight is 489 g/mol. The van der Waals surface area contributed by atoms with E-state index < -0.39 is 11.6 Å². The Morgan fingerprint density at radius 3 is 2.89 bits per heavy atom. The topological polar surface area (TPSA) is 148 Å². The molecule has 0 radical (unpaired) electrons. The molecule has 4 N–H and O–H groups in total. The Bertz CT molecular complexity index is 1240. The van der Waals surface area contributed by atoms with Gasteiger partial charge in [-0.25, -0.2) is 9.99 Å². The normalized spacial score (nSPS) is 20.4. The predicted molar refractivity (Wildman–Crippen MR) is 136 cm³/mol. The van der Waals surface area contributed by atoms with Crippen molar-refractivity contribution in [3.63, 3.8) is 0 Å². The van der Waals surface area contributed by atoms with Gasteiger partial charge in [-0.3, -0.25) is 10.2 Å². The number of nitrogens with zero attached hydrogens (tertiary/aromatic N) is 4. The molecule has 2 atom stereocenters. The van der Waals surface area contributed by atoms with E-state index in [1.807, 2.05) is 43.4 Å². The number of oxime groups is 1. The van der Waals surface area contributed by atoms with Gasteiger partial charge in [0.05, 0.1) is 11.4 Å². The molecule has 1 aromatic heterocycles. The van der Waals surface area contributed by atoms with E-state index in [0.29, 0.717) is 23.0 Å². The maximum absolute atomic E-state index is 12.9. The van der Waals surface area contributed by atoms with Gasteiger partial charge < -0.3 is 20.2 Å². The van der Waals surface area contributed by atoms with Gasteiger partial charge in [0, 0.05) is 14.0 Å². The molecular weight excluding hydrogens is 460 g/mol. The Morgan fingerprint density at radius 1 is 1.33 bits per heavy atom.